The molecule has 1 unspecified atom stereocenters. The largest absolute Gasteiger partial charge is 0.343 e. The molecule has 0 N–H and O–H groups in total. The molecule has 0 saturated heterocycles. The van der Waals surface area contributed by atoms with Crippen LogP contribution in [0.4, 0.5) is 0 Å². The third kappa shape index (κ3) is 7.82. The maximum atomic E-state index is 8.40. The SMILES string of the molecule is C=C.CC(C)N(C(C)C)P(C)OCCC#N. The van der Waals surface area contributed by atoms with Crippen molar-refractivity contribution in [2.75, 3.05) is 13.3 Å². The van der Waals surface area contributed by atoms with Gasteiger partial charge in [-0.05, 0) is 34.4 Å². The van der Waals surface area contributed by atoms with E-state index in [1.807, 2.05) is 0 Å². The van der Waals surface area contributed by atoms with Gasteiger partial charge in [-0.25, -0.2) is 0 Å². The van der Waals surface area contributed by atoms with Crippen LogP contribution in [0.5, 0.6) is 0 Å². The molecule has 0 aliphatic carbocycles. The van der Waals surface area contributed by atoms with E-state index in [1.54, 1.807) is 0 Å². The van der Waals surface area contributed by atoms with Gasteiger partial charge >= 0.3 is 0 Å². The third-order valence-electron chi connectivity index (χ3n) is 1.88. The van der Waals surface area contributed by atoms with E-state index in [2.05, 4.69) is 58.3 Å². The Labute approximate surface area is 102 Å². The summed E-state index contributed by atoms with van der Waals surface area (Å²) in [5.41, 5.74) is 0. The van der Waals surface area contributed by atoms with Gasteiger partial charge in [0.2, 0.25) is 0 Å². The van der Waals surface area contributed by atoms with Crippen molar-refractivity contribution in [2.24, 2.45) is 0 Å². The normalized spacial score (nSPS) is 12.2. The van der Waals surface area contributed by atoms with Gasteiger partial charge in [0.05, 0.1) is 19.1 Å². The predicted molar refractivity (Wildman–Crippen MR) is 72.4 cm³/mol. The molecule has 0 aromatic heterocycles. The molecule has 16 heavy (non-hydrogen) atoms. The van der Waals surface area contributed by atoms with E-state index in [0.29, 0.717) is 25.1 Å². The summed E-state index contributed by atoms with van der Waals surface area (Å²) in [6, 6.07) is 3.07. The fraction of sp³-hybridized carbons (Fsp3) is 0.750. The molecule has 0 aliphatic rings. The van der Waals surface area contributed by atoms with Crippen molar-refractivity contribution in [2.45, 2.75) is 46.2 Å². The molecule has 0 saturated carbocycles. The fourth-order valence-electron chi connectivity index (χ4n) is 1.54. The first-order valence-corrected chi connectivity index (χ1v) is 7.18. The summed E-state index contributed by atoms with van der Waals surface area (Å²) >= 11 is 0. The van der Waals surface area contributed by atoms with E-state index in [9.17, 15) is 0 Å². The highest BCUT2D eigenvalue weighted by Crippen LogP contribution is 2.40. The zero-order valence-electron chi connectivity index (χ0n) is 11.2. The number of hydrogen-bond donors (Lipinski definition) is 0. The lowest BCUT2D eigenvalue weighted by Crippen LogP contribution is -2.32. The Hall–Kier alpha value is -0.420. The molecule has 3 nitrogen and oxygen atoms in total. The Morgan fingerprint density at radius 3 is 2.00 bits per heavy atom. The molecular weight excluding hydrogens is 219 g/mol. The molecule has 0 heterocycles. The third-order valence-corrected chi connectivity index (χ3v) is 4.01. The Morgan fingerprint density at radius 1 is 1.25 bits per heavy atom. The summed E-state index contributed by atoms with van der Waals surface area (Å²) in [6.45, 7) is 17.3. The zero-order valence-corrected chi connectivity index (χ0v) is 12.1. The molecule has 4 heteroatoms. The highest BCUT2D eigenvalue weighted by atomic mass is 31.2. The lowest BCUT2D eigenvalue weighted by atomic mass is 10.3. The average molecular weight is 244 g/mol. The zero-order chi connectivity index (χ0) is 13.1. The van der Waals surface area contributed by atoms with Crippen molar-refractivity contribution >= 4 is 8.30 Å². The Kier molecular flexibility index (Phi) is 12.4. The van der Waals surface area contributed by atoms with Gasteiger partial charge in [-0.1, -0.05) is 0 Å². The van der Waals surface area contributed by atoms with Crippen LogP contribution < -0.4 is 0 Å². The molecule has 0 rings (SSSR count). The smallest absolute Gasteiger partial charge is 0.101 e. The molecule has 0 radical (unpaired) electrons. The molecule has 94 valence electrons. The van der Waals surface area contributed by atoms with Gasteiger partial charge in [-0.2, -0.15) is 5.26 Å². The maximum Gasteiger partial charge on any atom is 0.101 e. The molecule has 0 aromatic rings. The van der Waals surface area contributed by atoms with Crippen molar-refractivity contribution in [3.8, 4) is 6.07 Å². The first-order valence-electron chi connectivity index (χ1n) is 5.52. The van der Waals surface area contributed by atoms with Crippen LogP contribution in [0.1, 0.15) is 34.1 Å². The second-order valence-corrected chi connectivity index (χ2v) is 5.42. The molecule has 0 spiro atoms. The van der Waals surface area contributed by atoms with Gasteiger partial charge in [0.15, 0.2) is 0 Å². The Morgan fingerprint density at radius 2 is 1.69 bits per heavy atom. The van der Waals surface area contributed by atoms with Crippen molar-refractivity contribution in [1.29, 1.82) is 5.26 Å². The summed E-state index contributed by atoms with van der Waals surface area (Å²) in [7, 11) is -0.552. The lowest BCUT2D eigenvalue weighted by Gasteiger charge is -2.34. The quantitative estimate of drug-likeness (QED) is 0.405. The first kappa shape index (κ1) is 18.0. The van der Waals surface area contributed by atoms with Crippen molar-refractivity contribution in [3.63, 3.8) is 0 Å². The Balaban J connectivity index is 0. The van der Waals surface area contributed by atoms with Gasteiger partial charge in [0.25, 0.3) is 0 Å². The minimum absolute atomic E-state index is 0.483. The first-order chi connectivity index (χ1) is 7.50. The Bertz CT molecular complexity index is 194. The fourth-order valence-corrected chi connectivity index (χ4v) is 3.33. The second-order valence-electron chi connectivity index (χ2n) is 3.77. The minimum atomic E-state index is -0.552. The molecule has 0 aliphatic heterocycles. The highest BCUT2D eigenvalue weighted by Gasteiger charge is 2.20. The van der Waals surface area contributed by atoms with Gasteiger partial charge in [-0.3, -0.25) is 4.67 Å². The minimum Gasteiger partial charge on any atom is -0.343 e. The van der Waals surface area contributed by atoms with Crippen LogP contribution in [0.3, 0.4) is 0 Å². The average Bonchev–Trinajstić information content (AvgIpc) is 2.20. The number of nitriles is 1. The molecule has 0 amide bonds. The van der Waals surface area contributed by atoms with Crippen molar-refractivity contribution in [3.05, 3.63) is 13.2 Å². The number of nitrogens with zero attached hydrogens (tertiary/aromatic N) is 2. The van der Waals surface area contributed by atoms with Gasteiger partial charge in [-0.15, -0.1) is 13.2 Å². The van der Waals surface area contributed by atoms with Gasteiger partial charge < -0.3 is 4.52 Å². The molecule has 0 aromatic carbocycles. The summed E-state index contributed by atoms with van der Waals surface area (Å²) in [6.07, 6.45) is 0.483. The standard InChI is InChI=1S/C10H21N2OP.C2H4/c1-9(2)12(10(3)4)14(5)13-8-6-7-11;1-2/h9-10H,6,8H2,1-5H3;1-2H2. The summed E-state index contributed by atoms with van der Waals surface area (Å²) in [4.78, 5) is 0. The van der Waals surface area contributed by atoms with E-state index >= 15 is 0 Å². The van der Waals surface area contributed by atoms with Crippen LogP contribution in [0.15, 0.2) is 13.2 Å². The second kappa shape index (κ2) is 11.1. The van der Waals surface area contributed by atoms with E-state index < -0.39 is 8.30 Å². The van der Waals surface area contributed by atoms with Gasteiger partial charge in [0, 0.05) is 12.1 Å². The van der Waals surface area contributed by atoms with Gasteiger partial charge in [0.1, 0.15) is 8.30 Å². The van der Waals surface area contributed by atoms with Crippen LogP contribution >= 0.6 is 8.30 Å². The van der Waals surface area contributed by atoms with E-state index in [0.717, 1.165) is 0 Å². The van der Waals surface area contributed by atoms with Crippen LogP contribution in [-0.2, 0) is 4.52 Å². The molecular formula is C12H25N2OP. The van der Waals surface area contributed by atoms with Crippen LogP contribution in [-0.4, -0.2) is 30.0 Å². The molecule has 1 atom stereocenters. The van der Waals surface area contributed by atoms with Crippen molar-refractivity contribution < 1.29 is 4.52 Å². The van der Waals surface area contributed by atoms with Crippen LogP contribution in [0, 0.1) is 11.3 Å². The lowest BCUT2D eigenvalue weighted by molar-refractivity contribution is 0.260. The monoisotopic (exact) mass is 244 g/mol. The number of hydrogen-bond acceptors (Lipinski definition) is 3. The summed E-state index contributed by atoms with van der Waals surface area (Å²) in [5.74, 6) is 0. The maximum absolute atomic E-state index is 8.40. The highest BCUT2D eigenvalue weighted by molar-refractivity contribution is 7.49. The van der Waals surface area contributed by atoms with E-state index in [4.69, 9.17) is 9.79 Å². The van der Waals surface area contributed by atoms with Crippen molar-refractivity contribution in [1.82, 2.24) is 4.67 Å². The van der Waals surface area contributed by atoms with E-state index in [1.165, 1.54) is 0 Å². The van der Waals surface area contributed by atoms with Crippen LogP contribution in [0.2, 0.25) is 0 Å². The van der Waals surface area contributed by atoms with Crippen LogP contribution in [0.25, 0.3) is 0 Å². The molecule has 0 bridgehead atoms. The number of rotatable bonds is 6. The summed E-state index contributed by atoms with van der Waals surface area (Å²) in [5, 5.41) is 8.40. The van der Waals surface area contributed by atoms with E-state index in [-0.39, 0.29) is 0 Å². The molecule has 0 fully saturated rings. The summed E-state index contributed by atoms with van der Waals surface area (Å²) < 4.78 is 7.99. The predicted octanol–water partition coefficient (Wildman–Crippen LogP) is 3.78. The topological polar surface area (TPSA) is 36.3 Å².